The van der Waals surface area contributed by atoms with E-state index < -0.39 is 0 Å². The van der Waals surface area contributed by atoms with E-state index in [2.05, 4.69) is 15.5 Å². The number of aryl methyl sites for hydroxylation is 3. The number of nitrogens with zero attached hydrogens (tertiary/aromatic N) is 1. The molecular formula is C13H15N3O. The van der Waals surface area contributed by atoms with Crippen LogP contribution in [0.1, 0.15) is 27.0 Å². The lowest BCUT2D eigenvalue weighted by Gasteiger charge is -2.06. The van der Waals surface area contributed by atoms with Gasteiger partial charge < -0.3 is 5.32 Å². The molecule has 88 valence electrons. The largest absolute Gasteiger partial charge is 0.307 e. The van der Waals surface area contributed by atoms with Crippen LogP contribution in [0.5, 0.6) is 0 Å². The second kappa shape index (κ2) is 4.41. The van der Waals surface area contributed by atoms with Crippen LogP contribution in [0.15, 0.2) is 24.4 Å². The van der Waals surface area contributed by atoms with Crippen LogP contribution < -0.4 is 5.32 Å². The van der Waals surface area contributed by atoms with Crippen molar-refractivity contribution < 1.29 is 4.79 Å². The smallest absolute Gasteiger partial charge is 0.256 e. The van der Waals surface area contributed by atoms with E-state index in [0.29, 0.717) is 11.4 Å². The molecule has 4 nitrogen and oxygen atoms in total. The Kier molecular flexibility index (Phi) is 2.95. The first kappa shape index (κ1) is 11.4. The minimum atomic E-state index is -0.121. The van der Waals surface area contributed by atoms with E-state index in [-0.39, 0.29) is 5.91 Å². The van der Waals surface area contributed by atoms with Gasteiger partial charge in [-0.25, -0.2) is 0 Å². The first-order valence-electron chi connectivity index (χ1n) is 5.46. The molecule has 0 atom stereocenters. The van der Waals surface area contributed by atoms with E-state index in [0.717, 1.165) is 16.7 Å². The van der Waals surface area contributed by atoms with E-state index in [1.54, 1.807) is 6.20 Å². The minimum Gasteiger partial charge on any atom is -0.307 e. The summed E-state index contributed by atoms with van der Waals surface area (Å²) in [6.07, 6.45) is 1.68. The lowest BCUT2D eigenvalue weighted by Crippen LogP contribution is -2.13. The molecule has 2 N–H and O–H groups in total. The number of carbonyl (C=O) groups excluding carboxylic acids is 1. The molecular weight excluding hydrogens is 214 g/mol. The second-order valence-electron chi connectivity index (χ2n) is 4.26. The van der Waals surface area contributed by atoms with Gasteiger partial charge in [-0.05, 0) is 32.9 Å². The van der Waals surface area contributed by atoms with Crippen LogP contribution in [0.3, 0.4) is 0 Å². The minimum absolute atomic E-state index is 0.121. The van der Waals surface area contributed by atoms with Gasteiger partial charge in [-0.3, -0.25) is 9.89 Å². The van der Waals surface area contributed by atoms with Gasteiger partial charge in [0.2, 0.25) is 0 Å². The third-order valence-electron chi connectivity index (χ3n) is 2.55. The fourth-order valence-electron chi connectivity index (χ4n) is 1.76. The van der Waals surface area contributed by atoms with Gasteiger partial charge in [-0.15, -0.1) is 0 Å². The highest BCUT2D eigenvalue weighted by atomic mass is 16.1. The molecule has 1 amide bonds. The molecule has 4 heteroatoms. The normalized spacial score (nSPS) is 10.3. The van der Waals surface area contributed by atoms with Gasteiger partial charge in [-0.1, -0.05) is 17.2 Å². The van der Waals surface area contributed by atoms with Crippen molar-refractivity contribution in [2.45, 2.75) is 20.8 Å². The van der Waals surface area contributed by atoms with Gasteiger partial charge in [0, 0.05) is 11.1 Å². The summed E-state index contributed by atoms with van der Waals surface area (Å²) in [5, 5.41) is 9.42. The van der Waals surface area contributed by atoms with Crippen LogP contribution in [-0.2, 0) is 0 Å². The number of carbonyl (C=O) groups is 1. The third-order valence-corrected chi connectivity index (χ3v) is 2.55. The molecule has 2 aromatic rings. The molecule has 0 bridgehead atoms. The number of nitrogens with one attached hydrogen (secondary N) is 2. The molecule has 0 aliphatic rings. The highest BCUT2D eigenvalue weighted by Crippen LogP contribution is 2.13. The van der Waals surface area contributed by atoms with Crippen LogP contribution in [0.25, 0.3) is 0 Å². The van der Waals surface area contributed by atoms with Gasteiger partial charge >= 0.3 is 0 Å². The zero-order chi connectivity index (χ0) is 12.4. The Hall–Kier alpha value is -2.10. The quantitative estimate of drug-likeness (QED) is 0.831. The van der Waals surface area contributed by atoms with Crippen molar-refractivity contribution in [2.75, 3.05) is 5.32 Å². The fraction of sp³-hybridized carbons (Fsp3) is 0.231. The van der Waals surface area contributed by atoms with Crippen LogP contribution >= 0.6 is 0 Å². The van der Waals surface area contributed by atoms with E-state index in [4.69, 9.17) is 0 Å². The van der Waals surface area contributed by atoms with E-state index in [1.807, 2.05) is 39.0 Å². The predicted octanol–water partition coefficient (Wildman–Crippen LogP) is 2.59. The monoisotopic (exact) mass is 229 g/mol. The first-order valence-corrected chi connectivity index (χ1v) is 5.46. The first-order chi connectivity index (χ1) is 8.06. The molecule has 17 heavy (non-hydrogen) atoms. The number of rotatable bonds is 2. The summed E-state index contributed by atoms with van der Waals surface area (Å²) in [4.78, 5) is 12.0. The molecule has 0 fully saturated rings. The zero-order valence-electron chi connectivity index (χ0n) is 10.2. The maximum absolute atomic E-state index is 12.0. The van der Waals surface area contributed by atoms with Gasteiger partial charge in [0.05, 0.1) is 6.20 Å². The van der Waals surface area contributed by atoms with Crippen LogP contribution in [-0.4, -0.2) is 16.1 Å². The summed E-state index contributed by atoms with van der Waals surface area (Å²) in [5.74, 6) is 0.526. The van der Waals surface area contributed by atoms with Crippen molar-refractivity contribution >= 4 is 11.7 Å². The predicted molar refractivity (Wildman–Crippen MR) is 67.2 cm³/mol. The summed E-state index contributed by atoms with van der Waals surface area (Å²) in [6.45, 7) is 5.84. The molecule has 0 radical (unpaired) electrons. The summed E-state index contributed by atoms with van der Waals surface area (Å²) in [7, 11) is 0. The molecule has 2 rings (SSSR count). The molecule has 0 unspecified atom stereocenters. The Labute approximate surface area is 100 Å². The van der Waals surface area contributed by atoms with Crippen molar-refractivity contribution in [1.29, 1.82) is 0 Å². The maximum atomic E-state index is 12.0. The summed E-state index contributed by atoms with van der Waals surface area (Å²) >= 11 is 0. The average Bonchev–Trinajstić information content (AvgIpc) is 2.63. The Morgan fingerprint density at radius 1 is 1.18 bits per heavy atom. The van der Waals surface area contributed by atoms with Gasteiger partial charge in [-0.2, -0.15) is 5.10 Å². The summed E-state index contributed by atoms with van der Waals surface area (Å²) in [5.41, 5.74) is 3.74. The molecule has 0 saturated heterocycles. The summed E-state index contributed by atoms with van der Waals surface area (Å²) < 4.78 is 0. The highest BCUT2D eigenvalue weighted by molar-refractivity contribution is 6.04. The fourth-order valence-corrected chi connectivity index (χ4v) is 1.76. The van der Waals surface area contributed by atoms with Crippen LogP contribution in [0.4, 0.5) is 5.82 Å². The Morgan fingerprint density at radius 3 is 2.35 bits per heavy atom. The number of aromatic nitrogens is 2. The van der Waals surface area contributed by atoms with Gasteiger partial charge in [0.25, 0.3) is 5.91 Å². The van der Waals surface area contributed by atoms with Crippen molar-refractivity contribution in [3.05, 3.63) is 46.6 Å². The second-order valence-corrected chi connectivity index (χ2v) is 4.26. The number of amides is 1. The molecule has 0 aliphatic heterocycles. The van der Waals surface area contributed by atoms with Crippen molar-refractivity contribution in [2.24, 2.45) is 0 Å². The van der Waals surface area contributed by atoms with Crippen molar-refractivity contribution in [3.8, 4) is 0 Å². The number of benzene rings is 1. The summed E-state index contributed by atoms with van der Waals surface area (Å²) in [6, 6.07) is 5.78. The molecule has 1 aromatic carbocycles. The Bertz CT molecular complexity index is 537. The van der Waals surface area contributed by atoms with E-state index >= 15 is 0 Å². The van der Waals surface area contributed by atoms with E-state index in [9.17, 15) is 4.79 Å². The number of H-pyrrole nitrogens is 1. The van der Waals surface area contributed by atoms with Gasteiger partial charge in [0.1, 0.15) is 5.82 Å². The van der Waals surface area contributed by atoms with Gasteiger partial charge in [0.15, 0.2) is 0 Å². The SMILES string of the molecule is Cc1cc(C)cc(C(=O)Nc2[nH]ncc2C)c1. The Morgan fingerprint density at radius 2 is 1.82 bits per heavy atom. The lowest BCUT2D eigenvalue weighted by molar-refractivity contribution is 0.102. The standard InChI is InChI=1S/C13H15N3O/c1-8-4-9(2)6-11(5-8)13(17)15-12-10(3)7-14-16-12/h4-7H,1-3H3,(H2,14,15,16,17). The van der Waals surface area contributed by atoms with Crippen LogP contribution in [0, 0.1) is 20.8 Å². The van der Waals surface area contributed by atoms with Crippen molar-refractivity contribution in [3.63, 3.8) is 0 Å². The molecule has 0 saturated carbocycles. The molecule has 0 spiro atoms. The number of hydrogen-bond donors (Lipinski definition) is 2. The third kappa shape index (κ3) is 2.53. The maximum Gasteiger partial charge on any atom is 0.256 e. The van der Waals surface area contributed by atoms with E-state index in [1.165, 1.54) is 0 Å². The molecule has 1 aromatic heterocycles. The topological polar surface area (TPSA) is 57.8 Å². The lowest BCUT2D eigenvalue weighted by atomic mass is 10.1. The Balaban J connectivity index is 2.23. The average molecular weight is 229 g/mol. The molecule has 0 aliphatic carbocycles. The molecule has 1 heterocycles. The number of hydrogen-bond acceptors (Lipinski definition) is 2. The van der Waals surface area contributed by atoms with Crippen molar-refractivity contribution in [1.82, 2.24) is 10.2 Å². The zero-order valence-corrected chi connectivity index (χ0v) is 10.2. The number of anilines is 1. The highest BCUT2D eigenvalue weighted by Gasteiger charge is 2.09. The number of aromatic amines is 1. The van der Waals surface area contributed by atoms with Crippen LogP contribution in [0.2, 0.25) is 0 Å².